The van der Waals surface area contributed by atoms with Gasteiger partial charge in [-0.15, -0.1) is 0 Å². The number of fused-ring (bicyclic) bond motifs is 5. The van der Waals surface area contributed by atoms with Crippen LogP contribution in [0.25, 0.3) is 0 Å². The van der Waals surface area contributed by atoms with E-state index in [0.717, 1.165) is 61.7 Å². The predicted molar refractivity (Wildman–Crippen MR) is 195 cm³/mol. The van der Waals surface area contributed by atoms with Crippen molar-refractivity contribution in [3.05, 3.63) is 11.6 Å². The number of allylic oxidation sites excluding steroid dienone is 1. The molecule has 1 aliphatic heterocycles. The quantitative estimate of drug-likeness (QED) is 0.153. The summed E-state index contributed by atoms with van der Waals surface area (Å²) in [5.74, 6) is 3.93. The minimum Gasteiger partial charge on any atom is -0.460 e. The van der Waals surface area contributed by atoms with Crippen molar-refractivity contribution >= 4 is 23.9 Å². The van der Waals surface area contributed by atoms with Crippen molar-refractivity contribution in [1.29, 1.82) is 0 Å². The molecule has 0 spiro atoms. The molecule has 0 aromatic carbocycles. The van der Waals surface area contributed by atoms with Crippen molar-refractivity contribution in [2.24, 2.45) is 52.3 Å². The molecule has 5 unspecified atom stereocenters. The van der Waals surface area contributed by atoms with Gasteiger partial charge < -0.3 is 25.0 Å². The Morgan fingerprint density at radius 2 is 1.74 bits per heavy atom. The Balaban J connectivity index is 1.09. The molecule has 5 rings (SSSR count). The topological polar surface area (TPSA) is 114 Å². The summed E-state index contributed by atoms with van der Waals surface area (Å²) in [6, 6.07) is 0. The number of hydrogen-bond donors (Lipinski definition) is 2. The monoisotopic (exact) mass is 698 g/mol. The number of rotatable bonds is 13. The summed E-state index contributed by atoms with van der Waals surface area (Å²) in [5, 5.41) is 5.20. The van der Waals surface area contributed by atoms with Gasteiger partial charge in [-0.25, -0.2) is 4.79 Å². The van der Waals surface area contributed by atoms with Crippen molar-refractivity contribution in [2.75, 3.05) is 26.7 Å². The molecule has 0 aromatic heterocycles. The van der Waals surface area contributed by atoms with Gasteiger partial charge in [-0.1, -0.05) is 72.5 Å². The minimum atomic E-state index is -0.544. The largest absolute Gasteiger partial charge is 0.460 e. The molecule has 0 radical (unpaired) electrons. The molecule has 4 aliphatic carbocycles. The van der Waals surface area contributed by atoms with Gasteiger partial charge in [0.2, 0.25) is 11.8 Å². The van der Waals surface area contributed by atoms with E-state index in [1.807, 2.05) is 6.92 Å². The number of alkyl carbamates (subject to hydrolysis) is 1. The second-order valence-electron chi connectivity index (χ2n) is 17.6. The Kier molecular flexibility index (Phi) is 12.7. The van der Waals surface area contributed by atoms with Gasteiger partial charge in [0.25, 0.3) is 0 Å². The molecule has 3 amide bonds. The highest BCUT2D eigenvalue weighted by atomic mass is 16.6. The smallest absolute Gasteiger partial charge is 0.407 e. The summed E-state index contributed by atoms with van der Waals surface area (Å²) < 4.78 is 11.5. The normalized spacial score (nSPS) is 35.3. The summed E-state index contributed by atoms with van der Waals surface area (Å²) in [6.45, 7) is 15.0. The number of nitrogens with zero attached hydrogens (tertiary/aromatic N) is 1. The Bertz CT molecular complexity index is 1270. The van der Waals surface area contributed by atoms with Crippen LogP contribution in [0.15, 0.2) is 11.6 Å². The van der Waals surface area contributed by atoms with Gasteiger partial charge in [0, 0.05) is 32.4 Å². The maximum Gasteiger partial charge on any atom is 0.407 e. The van der Waals surface area contributed by atoms with Gasteiger partial charge in [0.05, 0.1) is 13.0 Å². The van der Waals surface area contributed by atoms with E-state index in [1.54, 1.807) is 4.90 Å². The number of carbonyl (C=O) groups excluding carboxylic acids is 4. The lowest BCUT2D eigenvalue weighted by molar-refractivity contribution is -0.151. The van der Waals surface area contributed by atoms with Crippen molar-refractivity contribution in [1.82, 2.24) is 15.5 Å². The highest BCUT2D eigenvalue weighted by Gasteiger charge is 2.59. The first-order valence-electron chi connectivity index (χ1n) is 20.1. The standard InChI is InChI=1S/C41H67N3O6/c1-8-28-24-44(25-35(28)50-38(47)17-16-36(45)42-7)37(46)23-43-39(48)49-30-18-20-40(5)29(22-30)12-13-31-33-15-14-32(27(4)11-9-10-26(2)3)41(33,6)21-19-34(31)40/h12,26-28,30-35H,8-11,13-25H2,1-7H3,(H,42,45)(H,43,48)/t27-,28?,30+,31?,32-,33?,34?,35?,40+,41-/m1/s1. The van der Waals surface area contributed by atoms with Gasteiger partial charge in [-0.05, 0) is 97.7 Å². The van der Waals surface area contributed by atoms with E-state index in [-0.39, 0.29) is 55.2 Å². The van der Waals surface area contributed by atoms with Gasteiger partial charge in [0.15, 0.2) is 0 Å². The van der Waals surface area contributed by atoms with Crippen LogP contribution < -0.4 is 10.6 Å². The van der Waals surface area contributed by atoms with E-state index in [0.29, 0.717) is 17.9 Å². The third kappa shape index (κ3) is 8.38. The molecule has 9 heteroatoms. The van der Waals surface area contributed by atoms with E-state index < -0.39 is 18.2 Å². The fraction of sp³-hybridized carbons (Fsp3) is 0.854. The average Bonchev–Trinajstić information content (AvgIpc) is 3.66. The molecule has 282 valence electrons. The van der Waals surface area contributed by atoms with Crippen LogP contribution in [0.5, 0.6) is 0 Å². The molecule has 2 N–H and O–H groups in total. The van der Waals surface area contributed by atoms with E-state index in [9.17, 15) is 19.2 Å². The fourth-order valence-corrected chi connectivity index (χ4v) is 11.3. The molecule has 3 saturated carbocycles. The maximum atomic E-state index is 13.0. The number of carbonyl (C=O) groups is 4. The molecule has 9 nitrogen and oxygen atoms in total. The number of hydrogen-bond acceptors (Lipinski definition) is 6. The van der Waals surface area contributed by atoms with Crippen LogP contribution in [0.3, 0.4) is 0 Å². The van der Waals surface area contributed by atoms with Crippen LogP contribution in [0.2, 0.25) is 0 Å². The van der Waals surface area contributed by atoms with Crippen LogP contribution in [0, 0.1) is 52.3 Å². The van der Waals surface area contributed by atoms with Crippen LogP contribution in [-0.4, -0.2) is 67.7 Å². The predicted octanol–water partition coefficient (Wildman–Crippen LogP) is 7.43. The maximum absolute atomic E-state index is 13.0. The Morgan fingerprint density at radius 1 is 0.960 bits per heavy atom. The zero-order valence-electron chi connectivity index (χ0n) is 32.2. The van der Waals surface area contributed by atoms with E-state index >= 15 is 0 Å². The van der Waals surface area contributed by atoms with E-state index in [1.165, 1.54) is 57.6 Å². The first kappa shape index (κ1) is 38.6. The second kappa shape index (κ2) is 16.4. The number of nitrogens with one attached hydrogen (secondary N) is 2. The first-order chi connectivity index (χ1) is 23.8. The van der Waals surface area contributed by atoms with Crippen molar-refractivity contribution in [3.63, 3.8) is 0 Å². The lowest BCUT2D eigenvalue weighted by atomic mass is 9.47. The zero-order chi connectivity index (χ0) is 36.2. The third-order valence-corrected chi connectivity index (χ3v) is 14.3. The molecule has 4 fully saturated rings. The fourth-order valence-electron chi connectivity index (χ4n) is 11.3. The Hall–Kier alpha value is -2.58. The third-order valence-electron chi connectivity index (χ3n) is 14.3. The van der Waals surface area contributed by atoms with Crippen LogP contribution >= 0.6 is 0 Å². The summed E-state index contributed by atoms with van der Waals surface area (Å²) in [4.78, 5) is 51.4. The lowest BCUT2D eigenvalue weighted by Gasteiger charge is -2.58. The van der Waals surface area contributed by atoms with Gasteiger partial charge in [0.1, 0.15) is 18.8 Å². The van der Waals surface area contributed by atoms with Gasteiger partial charge >= 0.3 is 12.1 Å². The summed E-state index contributed by atoms with van der Waals surface area (Å²) >= 11 is 0. The zero-order valence-corrected chi connectivity index (χ0v) is 32.2. The van der Waals surface area contributed by atoms with Crippen LogP contribution in [0.1, 0.15) is 131 Å². The van der Waals surface area contributed by atoms with Gasteiger partial charge in [-0.3, -0.25) is 14.4 Å². The lowest BCUT2D eigenvalue weighted by Crippen LogP contribution is -2.51. The van der Waals surface area contributed by atoms with Crippen molar-refractivity contribution in [3.8, 4) is 0 Å². The highest BCUT2D eigenvalue weighted by molar-refractivity contribution is 5.83. The summed E-state index contributed by atoms with van der Waals surface area (Å²) in [5.41, 5.74) is 2.14. The van der Waals surface area contributed by atoms with E-state index in [4.69, 9.17) is 9.47 Å². The average molecular weight is 698 g/mol. The summed E-state index contributed by atoms with van der Waals surface area (Å²) in [7, 11) is 1.53. The van der Waals surface area contributed by atoms with Crippen LogP contribution in [0.4, 0.5) is 4.79 Å². The minimum absolute atomic E-state index is 0.00486. The number of likely N-dealkylation sites (tertiary alicyclic amines) is 1. The molecule has 10 atom stereocenters. The Labute approximate surface area is 301 Å². The summed E-state index contributed by atoms with van der Waals surface area (Å²) in [6.07, 6.45) is 15.6. The number of ether oxygens (including phenoxy) is 2. The number of esters is 1. The second-order valence-corrected chi connectivity index (χ2v) is 17.6. The van der Waals surface area contributed by atoms with E-state index in [2.05, 4.69) is 51.3 Å². The number of amides is 3. The molecule has 5 aliphatic rings. The Morgan fingerprint density at radius 3 is 2.46 bits per heavy atom. The van der Waals surface area contributed by atoms with Crippen molar-refractivity contribution in [2.45, 2.75) is 144 Å². The first-order valence-corrected chi connectivity index (χ1v) is 20.1. The molecule has 0 bridgehead atoms. The molecule has 1 saturated heterocycles. The SMILES string of the molecule is CCC1CN(C(=O)CNC(=O)O[C@H]2CC[C@@]3(C)C(=CCC4C3CC[C@@]3(C)C4CC[C@@H]3[C@H](C)CCCC(C)C)C2)CC1OC(=O)CCC(=O)NC. The van der Waals surface area contributed by atoms with Gasteiger partial charge in [-0.2, -0.15) is 0 Å². The molecular formula is C41H67N3O6. The molecular weight excluding hydrogens is 630 g/mol. The molecule has 0 aromatic rings. The van der Waals surface area contributed by atoms with Crippen LogP contribution in [-0.2, 0) is 23.9 Å². The van der Waals surface area contributed by atoms with Crippen molar-refractivity contribution < 1.29 is 28.7 Å². The molecule has 50 heavy (non-hydrogen) atoms. The molecule has 1 heterocycles. The highest BCUT2D eigenvalue weighted by Crippen LogP contribution is 2.67.